The predicted octanol–water partition coefficient (Wildman–Crippen LogP) is 3.11. The number of carbonyl (C=O) groups is 2. The molecule has 2 amide bonds. The highest BCUT2D eigenvalue weighted by Gasteiger charge is 2.14. The Morgan fingerprint density at radius 3 is 2.44 bits per heavy atom. The Kier molecular flexibility index (Phi) is 6.04. The number of anilines is 2. The van der Waals surface area contributed by atoms with Gasteiger partial charge >= 0.3 is 0 Å². The van der Waals surface area contributed by atoms with Gasteiger partial charge in [-0.3, -0.25) is 14.4 Å². The number of benzene rings is 2. The second-order valence-electron chi connectivity index (χ2n) is 7.05. The Balaban J connectivity index is 1.48. The molecule has 0 spiro atoms. The van der Waals surface area contributed by atoms with Crippen molar-refractivity contribution in [3.63, 3.8) is 0 Å². The number of rotatable bonds is 6. The van der Waals surface area contributed by atoms with Crippen LogP contribution in [0.4, 0.5) is 11.4 Å². The highest BCUT2D eigenvalue weighted by atomic mass is 32.2. The zero-order chi connectivity index (χ0) is 22.7. The number of thioether (sulfide) groups is 1. The minimum absolute atomic E-state index is 0.0559. The summed E-state index contributed by atoms with van der Waals surface area (Å²) in [4.78, 5) is 43.1. The van der Waals surface area contributed by atoms with Gasteiger partial charge in [-0.1, -0.05) is 30.0 Å². The molecule has 2 heterocycles. The molecule has 0 unspecified atom stereocenters. The maximum Gasteiger partial charge on any atom is 0.262 e. The number of nitrogens with zero attached hydrogens (tertiary/aromatic N) is 3. The van der Waals surface area contributed by atoms with Gasteiger partial charge in [0.2, 0.25) is 11.8 Å². The molecule has 0 aliphatic rings. The average Bonchev–Trinajstić information content (AvgIpc) is 3.18. The fourth-order valence-electron chi connectivity index (χ4n) is 3.12. The third kappa shape index (κ3) is 4.70. The highest BCUT2D eigenvalue weighted by Crippen LogP contribution is 2.20. The first-order chi connectivity index (χ1) is 15.4. The second-order valence-corrected chi connectivity index (χ2v) is 8.01. The van der Waals surface area contributed by atoms with Crippen LogP contribution in [0, 0.1) is 6.92 Å². The number of fused-ring (bicyclic) bond motifs is 1. The lowest BCUT2D eigenvalue weighted by molar-refractivity contribution is -0.114. The maximum atomic E-state index is 12.5. The fourth-order valence-corrected chi connectivity index (χ4v) is 3.77. The van der Waals surface area contributed by atoms with Gasteiger partial charge in [0.25, 0.3) is 5.56 Å². The van der Waals surface area contributed by atoms with E-state index in [-0.39, 0.29) is 23.1 Å². The number of para-hydroxylation sites is 1. The van der Waals surface area contributed by atoms with E-state index in [1.807, 2.05) is 31.2 Å². The summed E-state index contributed by atoms with van der Waals surface area (Å²) in [6, 6.07) is 14.5. The van der Waals surface area contributed by atoms with Gasteiger partial charge in [0.1, 0.15) is 5.39 Å². The Bertz CT molecular complexity index is 1360. The van der Waals surface area contributed by atoms with E-state index in [2.05, 4.69) is 25.7 Å². The molecule has 0 fully saturated rings. The van der Waals surface area contributed by atoms with E-state index in [1.54, 1.807) is 28.9 Å². The number of nitrogens with one attached hydrogen (secondary N) is 3. The van der Waals surface area contributed by atoms with Gasteiger partial charge in [0, 0.05) is 18.3 Å². The predicted molar refractivity (Wildman–Crippen MR) is 124 cm³/mol. The van der Waals surface area contributed by atoms with E-state index in [1.165, 1.54) is 13.1 Å². The van der Waals surface area contributed by atoms with Crippen molar-refractivity contribution in [3.05, 3.63) is 70.6 Å². The van der Waals surface area contributed by atoms with Crippen LogP contribution >= 0.6 is 11.8 Å². The van der Waals surface area contributed by atoms with Crippen LogP contribution in [0.3, 0.4) is 0 Å². The lowest BCUT2D eigenvalue weighted by Gasteiger charge is -2.08. The summed E-state index contributed by atoms with van der Waals surface area (Å²) in [6.45, 7) is 3.38. The summed E-state index contributed by atoms with van der Waals surface area (Å²) in [6.07, 6.45) is 1.49. The molecule has 0 saturated carbocycles. The summed E-state index contributed by atoms with van der Waals surface area (Å²) in [5, 5.41) is 10.5. The molecular formula is C22H20N6O3S. The summed E-state index contributed by atoms with van der Waals surface area (Å²) >= 11 is 1.12. The fraction of sp³-hybridized carbons (Fsp3) is 0.136. The van der Waals surface area contributed by atoms with Crippen LogP contribution in [-0.2, 0) is 9.59 Å². The molecule has 3 N–H and O–H groups in total. The van der Waals surface area contributed by atoms with Crippen molar-refractivity contribution in [2.24, 2.45) is 0 Å². The molecular weight excluding hydrogens is 428 g/mol. The van der Waals surface area contributed by atoms with Gasteiger partial charge in [0.15, 0.2) is 10.8 Å². The number of carbonyl (C=O) groups excluding carboxylic acids is 2. The third-order valence-electron chi connectivity index (χ3n) is 4.59. The minimum atomic E-state index is -0.314. The van der Waals surface area contributed by atoms with Gasteiger partial charge in [-0.25, -0.2) is 9.67 Å². The summed E-state index contributed by atoms with van der Waals surface area (Å²) in [7, 11) is 0. The van der Waals surface area contributed by atoms with E-state index < -0.39 is 0 Å². The number of hydrogen-bond donors (Lipinski definition) is 3. The number of aromatic nitrogens is 4. The van der Waals surface area contributed by atoms with Gasteiger partial charge in [-0.15, -0.1) is 0 Å². The molecule has 2 aromatic carbocycles. The number of aryl methyl sites for hydroxylation is 1. The second kappa shape index (κ2) is 9.06. The lowest BCUT2D eigenvalue weighted by atomic mass is 10.2. The Hall–Kier alpha value is -3.92. The molecule has 0 aliphatic carbocycles. The van der Waals surface area contributed by atoms with Crippen molar-refractivity contribution in [2.75, 3.05) is 16.4 Å². The van der Waals surface area contributed by atoms with Gasteiger partial charge in [-0.2, -0.15) is 5.10 Å². The van der Waals surface area contributed by atoms with Crippen LogP contribution in [0.2, 0.25) is 0 Å². The monoisotopic (exact) mass is 448 g/mol. The van der Waals surface area contributed by atoms with E-state index >= 15 is 0 Å². The van der Waals surface area contributed by atoms with Crippen molar-refractivity contribution >= 4 is 46.0 Å². The van der Waals surface area contributed by atoms with Crippen LogP contribution < -0.4 is 16.2 Å². The number of aromatic amines is 1. The van der Waals surface area contributed by atoms with Crippen molar-refractivity contribution in [1.29, 1.82) is 0 Å². The molecule has 2 aromatic heterocycles. The topological polar surface area (TPSA) is 122 Å². The average molecular weight is 449 g/mol. The summed E-state index contributed by atoms with van der Waals surface area (Å²) < 4.78 is 1.63. The van der Waals surface area contributed by atoms with Crippen LogP contribution in [0.5, 0.6) is 0 Å². The standard InChI is InChI=1S/C22H20N6O3S/c1-13-5-3-4-6-18(13)28-20-17(11-23-28)21(31)27-22(26-20)32-12-19(30)25-16-9-7-15(8-10-16)24-14(2)29/h3-11H,12H2,1-2H3,(H,24,29)(H,25,30)(H,26,27,31). The molecule has 162 valence electrons. The van der Waals surface area contributed by atoms with E-state index in [0.29, 0.717) is 27.6 Å². The molecule has 10 heteroatoms. The van der Waals surface area contributed by atoms with Gasteiger partial charge in [-0.05, 0) is 42.8 Å². The zero-order valence-corrected chi connectivity index (χ0v) is 18.2. The van der Waals surface area contributed by atoms with E-state index in [9.17, 15) is 14.4 Å². The quantitative estimate of drug-likeness (QED) is 0.308. The molecule has 0 radical (unpaired) electrons. The zero-order valence-electron chi connectivity index (χ0n) is 17.4. The Labute approximate surface area is 187 Å². The first-order valence-electron chi connectivity index (χ1n) is 9.75. The minimum Gasteiger partial charge on any atom is -0.326 e. The van der Waals surface area contributed by atoms with Gasteiger partial charge < -0.3 is 15.6 Å². The molecule has 0 bridgehead atoms. The van der Waals surface area contributed by atoms with Gasteiger partial charge in [0.05, 0.1) is 17.6 Å². The first-order valence-corrected chi connectivity index (χ1v) is 10.7. The molecule has 32 heavy (non-hydrogen) atoms. The Morgan fingerprint density at radius 2 is 1.75 bits per heavy atom. The van der Waals surface area contributed by atoms with Crippen LogP contribution in [0.1, 0.15) is 12.5 Å². The molecule has 0 atom stereocenters. The molecule has 0 saturated heterocycles. The Morgan fingerprint density at radius 1 is 1.06 bits per heavy atom. The summed E-state index contributed by atoms with van der Waals surface area (Å²) in [5.74, 6) is -0.363. The van der Waals surface area contributed by atoms with E-state index in [0.717, 1.165) is 23.0 Å². The first kappa shape index (κ1) is 21.3. The van der Waals surface area contributed by atoms with Crippen molar-refractivity contribution in [2.45, 2.75) is 19.0 Å². The molecule has 0 aliphatic heterocycles. The molecule has 4 rings (SSSR count). The molecule has 4 aromatic rings. The van der Waals surface area contributed by atoms with Crippen LogP contribution in [0.15, 0.2) is 64.7 Å². The van der Waals surface area contributed by atoms with Crippen molar-refractivity contribution in [3.8, 4) is 5.69 Å². The third-order valence-corrected chi connectivity index (χ3v) is 5.46. The van der Waals surface area contributed by atoms with Crippen LogP contribution in [-0.4, -0.2) is 37.3 Å². The van der Waals surface area contributed by atoms with Crippen molar-refractivity contribution < 1.29 is 9.59 Å². The molecule has 9 nitrogen and oxygen atoms in total. The largest absolute Gasteiger partial charge is 0.326 e. The van der Waals surface area contributed by atoms with Crippen molar-refractivity contribution in [1.82, 2.24) is 19.7 Å². The number of hydrogen-bond acceptors (Lipinski definition) is 6. The smallest absolute Gasteiger partial charge is 0.262 e. The van der Waals surface area contributed by atoms with E-state index in [4.69, 9.17) is 0 Å². The normalized spacial score (nSPS) is 10.8. The SMILES string of the molecule is CC(=O)Nc1ccc(NC(=O)CSc2nc3c(cnn3-c3ccccc3C)c(=O)[nH]2)cc1. The highest BCUT2D eigenvalue weighted by molar-refractivity contribution is 7.99. The maximum absolute atomic E-state index is 12.5. The number of amides is 2. The lowest BCUT2D eigenvalue weighted by Crippen LogP contribution is -2.16. The van der Waals surface area contributed by atoms with Crippen LogP contribution in [0.25, 0.3) is 16.7 Å². The number of H-pyrrole nitrogens is 1. The summed E-state index contributed by atoms with van der Waals surface area (Å²) in [5.41, 5.74) is 3.19.